The van der Waals surface area contributed by atoms with Crippen molar-refractivity contribution >= 4 is 23.2 Å². The Morgan fingerprint density at radius 1 is 1.39 bits per heavy atom. The first-order chi connectivity index (χ1) is 8.68. The lowest BCUT2D eigenvalue weighted by Gasteiger charge is -2.23. The Morgan fingerprint density at radius 3 is 2.94 bits per heavy atom. The van der Waals surface area contributed by atoms with Crippen molar-refractivity contribution in [3.05, 3.63) is 28.8 Å². The molecule has 1 aromatic carbocycles. The van der Waals surface area contributed by atoms with Gasteiger partial charge >= 0.3 is 0 Å². The Bertz CT molecular complexity index is 489. The summed E-state index contributed by atoms with van der Waals surface area (Å²) in [7, 11) is 0. The van der Waals surface area contributed by atoms with E-state index in [9.17, 15) is 4.79 Å². The molecular formula is C14H17ClN2O. The molecule has 0 radical (unpaired) electrons. The van der Waals surface area contributed by atoms with Gasteiger partial charge in [0.05, 0.1) is 5.92 Å². The van der Waals surface area contributed by atoms with E-state index in [-0.39, 0.29) is 17.9 Å². The molecule has 0 spiro atoms. The summed E-state index contributed by atoms with van der Waals surface area (Å²) >= 11 is 6.17. The molecule has 1 saturated carbocycles. The first-order valence-electron chi connectivity index (χ1n) is 6.53. The van der Waals surface area contributed by atoms with Crippen molar-refractivity contribution < 1.29 is 4.79 Å². The van der Waals surface area contributed by atoms with Gasteiger partial charge in [-0.05, 0) is 37.0 Å². The highest BCUT2D eigenvalue weighted by Crippen LogP contribution is 2.36. The van der Waals surface area contributed by atoms with E-state index in [0.29, 0.717) is 0 Å². The second kappa shape index (κ2) is 4.56. The zero-order valence-corrected chi connectivity index (χ0v) is 11.0. The third-order valence-electron chi connectivity index (χ3n) is 4.12. The number of nitrogens with zero attached hydrogens (tertiary/aromatic N) is 1. The number of carbonyl (C=O) groups is 1. The average molecular weight is 265 g/mol. The van der Waals surface area contributed by atoms with Gasteiger partial charge in [-0.3, -0.25) is 4.79 Å². The van der Waals surface area contributed by atoms with Crippen LogP contribution in [0.2, 0.25) is 5.02 Å². The molecule has 1 aromatic rings. The smallest absolute Gasteiger partial charge is 0.231 e. The fourth-order valence-electron chi connectivity index (χ4n) is 3.12. The van der Waals surface area contributed by atoms with Gasteiger partial charge < -0.3 is 10.6 Å². The van der Waals surface area contributed by atoms with E-state index in [1.807, 2.05) is 23.1 Å². The highest BCUT2D eigenvalue weighted by atomic mass is 35.5. The van der Waals surface area contributed by atoms with Crippen LogP contribution in [0.25, 0.3) is 0 Å². The van der Waals surface area contributed by atoms with Crippen LogP contribution < -0.4 is 10.6 Å². The van der Waals surface area contributed by atoms with Crippen molar-refractivity contribution in [1.82, 2.24) is 0 Å². The van der Waals surface area contributed by atoms with E-state index in [2.05, 4.69) is 0 Å². The summed E-state index contributed by atoms with van der Waals surface area (Å²) in [5, 5.41) is 0.763. The number of amides is 1. The number of hydrogen-bond donors (Lipinski definition) is 1. The second-order valence-electron chi connectivity index (χ2n) is 5.18. The van der Waals surface area contributed by atoms with Gasteiger partial charge in [-0.2, -0.15) is 0 Å². The summed E-state index contributed by atoms with van der Waals surface area (Å²) in [5.74, 6) is 0.177. The molecule has 96 valence electrons. The third-order valence-corrected chi connectivity index (χ3v) is 4.48. The lowest BCUT2D eigenvalue weighted by atomic mass is 10.0. The monoisotopic (exact) mass is 264 g/mol. The molecule has 1 amide bonds. The third kappa shape index (κ3) is 1.82. The maximum atomic E-state index is 12.5. The predicted octanol–water partition coefficient (Wildman–Crippen LogP) is 2.36. The van der Waals surface area contributed by atoms with Gasteiger partial charge in [0.2, 0.25) is 5.91 Å². The van der Waals surface area contributed by atoms with E-state index in [4.69, 9.17) is 17.3 Å². The Kier molecular flexibility index (Phi) is 3.04. The molecule has 2 aliphatic rings. The van der Waals surface area contributed by atoms with Crippen molar-refractivity contribution in [3.8, 4) is 0 Å². The molecule has 0 aromatic heterocycles. The molecule has 1 fully saturated rings. The molecule has 1 aliphatic heterocycles. The molecule has 4 heteroatoms. The highest BCUT2D eigenvalue weighted by molar-refractivity contribution is 6.32. The van der Waals surface area contributed by atoms with Crippen molar-refractivity contribution in [2.24, 2.45) is 11.7 Å². The number of rotatable bonds is 1. The molecule has 0 saturated heterocycles. The Labute approximate surface area is 112 Å². The normalized spacial score (nSPS) is 26.4. The minimum atomic E-state index is -0.00469. The summed E-state index contributed by atoms with van der Waals surface area (Å²) < 4.78 is 0. The lowest BCUT2D eigenvalue weighted by Crippen LogP contribution is -2.41. The van der Waals surface area contributed by atoms with Crippen molar-refractivity contribution in [3.63, 3.8) is 0 Å². The zero-order valence-electron chi connectivity index (χ0n) is 10.2. The van der Waals surface area contributed by atoms with E-state index in [0.717, 1.165) is 48.5 Å². The van der Waals surface area contributed by atoms with Gasteiger partial charge in [0.1, 0.15) is 0 Å². The number of halogens is 1. The maximum Gasteiger partial charge on any atom is 0.231 e. The summed E-state index contributed by atoms with van der Waals surface area (Å²) in [4.78, 5) is 14.4. The van der Waals surface area contributed by atoms with Crippen LogP contribution in [-0.4, -0.2) is 18.5 Å². The summed E-state index contributed by atoms with van der Waals surface area (Å²) in [6.07, 6.45) is 3.80. The number of hydrogen-bond acceptors (Lipinski definition) is 2. The predicted molar refractivity (Wildman–Crippen MR) is 72.8 cm³/mol. The van der Waals surface area contributed by atoms with E-state index < -0.39 is 0 Å². The van der Waals surface area contributed by atoms with Crippen LogP contribution in [0.4, 0.5) is 5.69 Å². The van der Waals surface area contributed by atoms with Crippen LogP contribution in [0, 0.1) is 5.92 Å². The molecule has 3 nitrogen and oxygen atoms in total. The molecular weight excluding hydrogens is 248 g/mol. The molecule has 0 unspecified atom stereocenters. The Hall–Kier alpha value is -1.06. The van der Waals surface area contributed by atoms with Gasteiger partial charge in [-0.1, -0.05) is 24.1 Å². The summed E-state index contributed by atoms with van der Waals surface area (Å²) in [5.41, 5.74) is 8.10. The van der Waals surface area contributed by atoms with Gasteiger partial charge in [-0.15, -0.1) is 0 Å². The quantitative estimate of drug-likeness (QED) is 0.846. The Morgan fingerprint density at radius 2 is 2.22 bits per heavy atom. The van der Waals surface area contributed by atoms with Gasteiger partial charge in [0, 0.05) is 23.3 Å². The van der Waals surface area contributed by atoms with E-state index >= 15 is 0 Å². The number of benzene rings is 1. The molecule has 2 N–H and O–H groups in total. The van der Waals surface area contributed by atoms with Gasteiger partial charge in [0.25, 0.3) is 0 Å². The van der Waals surface area contributed by atoms with Crippen LogP contribution >= 0.6 is 11.6 Å². The number of anilines is 1. The first kappa shape index (κ1) is 12.0. The van der Waals surface area contributed by atoms with Crippen molar-refractivity contribution in [1.29, 1.82) is 0 Å². The minimum absolute atomic E-state index is 0.00469. The average Bonchev–Trinajstić information content (AvgIpc) is 2.95. The lowest BCUT2D eigenvalue weighted by molar-refractivity contribution is -0.122. The van der Waals surface area contributed by atoms with Crippen LogP contribution in [0.5, 0.6) is 0 Å². The first-order valence-corrected chi connectivity index (χ1v) is 6.90. The molecule has 1 aliphatic carbocycles. The van der Waals surface area contributed by atoms with Gasteiger partial charge in [-0.25, -0.2) is 0 Å². The zero-order chi connectivity index (χ0) is 12.7. The van der Waals surface area contributed by atoms with Crippen LogP contribution in [0.1, 0.15) is 24.8 Å². The van der Waals surface area contributed by atoms with Crippen molar-refractivity contribution in [2.45, 2.75) is 31.7 Å². The van der Waals surface area contributed by atoms with E-state index in [1.54, 1.807) is 0 Å². The number of fused-ring (bicyclic) bond motifs is 1. The molecule has 1 heterocycles. The van der Waals surface area contributed by atoms with E-state index in [1.165, 1.54) is 0 Å². The highest BCUT2D eigenvalue weighted by Gasteiger charge is 2.36. The standard InChI is InChI=1S/C14H17ClN2O/c15-11-4-2-6-13-9(11)7-8-17(13)14(18)10-3-1-5-12(10)16/h2,4,6,10,12H,1,3,5,7-8,16H2/t10-,12-/m0/s1. The molecule has 18 heavy (non-hydrogen) atoms. The molecule has 0 bridgehead atoms. The van der Waals surface area contributed by atoms with Crippen LogP contribution in [0.3, 0.4) is 0 Å². The second-order valence-corrected chi connectivity index (χ2v) is 5.59. The topological polar surface area (TPSA) is 46.3 Å². The maximum absolute atomic E-state index is 12.5. The van der Waals surface area contributed by atoms with Crippen LogP contribution in [0.15, 0.2) is 18.2 Å². The van der Waals surface area contributed by atoms with Crippen LogP contribution in [-0.2, 0) is 11.2 Å². The fourth-order valence-corrected chi connectivity index (χ4v) is 3.38. The molecule has 2 atom stereocenters. The summed E-state index contributed by atoms with van der Waals surface area (Å²) in [6, 6.07) is 5.80. The largest absolute Gasteiger partial charge is 0.327 e. The fraction of sp³-hybridized carbons (Fsp3) is 0.500. The van der Waals surface area contributed by atoms with Gasteiger partial charge in [0.15, 0.2) is 0 Å². The summed E-state index contributed by atoms with van der Waals surface area (Å²) in [6.45, 7) is 0.737. The molecule has 3 rings (SSSR count). The number of carbonyl (C=O) groups excluding carboxylic acids is 1. The number of nitrogens with two attached hydrogens (primary N) is 1. The SMILES string of the molecule is N[C@H]1CCC[C@@H]1C(=O)N1CCc2c(Cl)cccc21. The Balaban J connectivity index is 1.88. The van der Waals surface area contributed by atoms with Crippen molar-refractivity contribution in [2.75, 3.05) is 11.4 Å². The minimum Gasteiger partial charge on any atom is -0.327 e.